The van der Waals surface area contributed by atoms with Crippen LogP contribution < -0.4 is 5.32 Å². The van der Waals surface area contributed by atoms with Crippen molar-refractivity contribution in [3.8, 4) is 0 Å². The monoisotopic (exact) mass is 340 g/mol. The Hall–Kier alpha value is -2.02. The second kappa shape index (κ2) is 7.04. The summed E-state index contributed by atoms with van der Waals surface area (Å²) < 4.78 is 32.4. The topological polar surface area (TPSA) is 41.6 Å². The third kappa shape index (κ3) is 3.34. The lowest BCUT2D eigenvalue weighted by Gasteiger charge is -2.37. The standard InChI is InChI=1S/C16H18F2N2O2S/c1-4-20-9(3)13(15(21)22-5-2)14(19-16(20)23)11-7-6-10(17)8-12(11)18/h6-8,14H,4-5H2,1-3H3,(H,19,23)/t14-/m1/s1. The number of rotatable bonds is 4. The average Bonchev–Trinajstić information content (AvgIpc) is 2.47. The Bertz CT molecular complexity index is 676. The summed E-state index contributed by atoms with van der Waals surface area (Å²) >= 11 is 5.29. The SMILES string of the molecule is CCOC(=O)C1=C(C)N(CC)C(=S)N[C@@H]1c1ccc(F)cc1F. The number of carbonyl (C=O) groups excluding carboxylic acids is 1. The van der Waals surface area contributed by atoms with Crippen molar-refractivity contribution < 1.29 is 18.3 Å². The highest BCUT2D eigenvalue weighted by molar-refractivity contribution is 7.80. The number of ether oxygens (including phenoxy) is 1. The molecule has 23 heavy (non-hydrogen) atoms. The molecule has 1 aromatic carbocycles. The first kappa shape index (κ1) is 17.3. The van der Waals surface area contributed by atoms with E-state index >= 15 is 0 Å². The molecule has 0 bridgehead atoms. The van der Waals surface area contributed by atoms with Crippen molar-refractivity contribution in [2.75, 3.05) is 13.2 Å². The maximum atomic E-state index is 14.2. The second-order valence-electron chi connectivity index (χ2n) is 5.01. The number of esters is 1. The minimum Gasteiger partial charge on any atom is -0.463 e. The Kier molecular flexibility index (Phi) is 5.30. The first-order valence-corrected chi connectivity index (χ1v) is 7.72. The molecule has 1 N–H and O–H groups in total. The molecule has 7 heteroatoms. The van der Waals surface area contributed by atoms with Crippen LogP contribution in [0.2, 0.25) is 0 Å². The lowest BCUT2D eigenvalue weighted by Crippen LogP contribution is -2.48. The van der Waals surface area contributed by atoms with Crippen molar-refractivity contribution in [3.63, 3.8) is 0 Å². The Labute approximate surface area is 139 Å². The summed E-state index contributed by atoms with van der Waals surface area (Å²) in [6, 6.07) is 2.42. The molecule has 0 fully saturated rings. The van der Waals surface area contributed by atoms with E-state index in [1.807, 2.05) is 6.92 Å². The molecule has 1 aromatic rings. The van der Waals surface area contributed by atoms with E-state index in [1.165, 1.54) is 6.07 Å². The molecule has 0 unspecified atom stereocenters. The van der Waals surface area contributed by atoms with Crippen molar-refractivity contribution in [1.82, 2.24) is 10.2 Å². The Morgan fingerprint density at radius 1 is 1.39 bits per heavy atom. The van der Waals surface area contributed by atoms with Gasteiger partial charge in [0.2, 0.25) is 0 Å². The fourth-order valence-corrected chi connectivity index (χ4v) is 2.99. The molecule has 0 radical (unpaired) electrons. The predicted molar refractivity (Wildman–Crippen MR) is 86.5 cm³/mol. The van der Waals surface area contributed by atoms with Gasteiger partial charge in [-0.25, -0.2) is 13.6 Å². The Morgan fingerprint density at radius 2 is 2.09 bits per heavy atom. The van der Waals surface area contributed by atoms with Crippen molar-refractivity contribution in [2.45, 2.75) is 26.8 Å². The van der Waals surface area contributed by atoms with Gasteiger partial charge in [0.15, 0.2) is 5.11 Å². The van der Waals surface area contributed by atoms with Gasteiger partial charge in [-0.3, -0.25) is 0 Å². The van der Waals surface area contributed by atoms with Gasteiger partial charge in [0.25, 0.3) is 0 Å². The first-order chi connectivity index (χ1) is 10.9. The highest BCUT2D eigenvalue weighted by atomic mass is 32.1. The van der Waals surface area contributed by atoms with E-state index in [4.69, 9.17) is 17.0 Å². The van der Waals surface area contributed by atoms with Crippen LogP contribution in [0.25, 0.3) is 0 Å². The number of hydrogen-bond donors (Lipinski definition) is 1. The maximum absolute atomic E-state index is 14.2. The lowest BCUT2D eigenvalue weighted by molar-refractivity contribution is -0.139. The molecule has 1 aliphatic heterocycles. The van der Waals surface area contributed by atoms with Crippen LogP contribution in [0, 0.1) is 11.6 Å². The van der Waals surface area contributed by atoms with Gasteiger partial charge >= 0.3 is 5.97 Å². The zero-order chi connectivity index (χ0) is 17.1. The molecule has 0 amide bonds. The number of halogens is 2. The Morgan fingerprint density at radius 3 is 2.65 bits per heavy atom. The van der Waals surface area contributed by atoms with Crippen LogP contribution in [0.1, 0.15) is 32.4 Å². The largest absolute Gasteiger partial charge is 0.463 e. The first-order valence-electron chi connectivity index (χ1n) is 7.31. The highest BCUT2D eigenvalue weighted by Crippen LogP contribution is 2.32. The summed E-state index contributed by atoms with van der Waals surface area (Å²) in [6.07, 6.45) is 0. The lowest BCUT2D eigenvalue weighted by atomic mass is 9.94. The zero-order valence-corrected chi connectivity index (χ0v) is 14.0. The van der Waals surface area contributed by atoms with Crippen molar-refractivity contribution in [3.05, 3.63) is 46.7 Å². The molecule has 2 rings (SSSR count). The van der Waals surface area contributed by atoms with E-state index < -0.39 is 23.6 Å². The number of nitrogens with one attached hydrogen (secondary N) is 1. The van der Waals surface area contributed by atoms with Gasteiger partial charge in [-0.1, -0.05) is 6.07 Å². The van der Waals surface area contributed by atoms with Crippen LogP contribution in [0.15, 0.2) is 29.5 Å². The number of allylic oxidation sites excluding steroid dienone is 1. The maximum Gasteiger partial charge on any atom is 0.338 e. The van der Waals surface area contributed by atoms with Crippen LogP contribution in [-0.2, 0) is 9.53 Å². The number of thiocarbonyl (C=S) groups is 1. The third-order valence-corrected chi connectivity index (χ3v) is 4.02. The fourth-order valence-electron chi connectivity index (χ4n) is 2.60. The average molecular weight is 340 g/mol. The van der Waals surface area contributed by atoms with E-state index in [-0.39, 0.29) is 17.7 Å². The Balaban J connectivity index is 2.57. The van der Waals surface area contributed by atoms with Gasteiger partial charge in [-0.15, -0.1) is 0 Å². The molecule has 0 aromatic heterocycles. The van der Waals surface area contributed by atoms with E-state index in [2.05, 4.69) is 5.32 Å². The van der Waals surface area contributed by atoms with E-state index in [9.17, 15) is 13.6 Å². The fraction of sp³-hybridized carbons (Fsp3) is 0.375. The quantitative estimate of drug-likeness (QED) is 0.674. The summed E-state index contributed by atoms with van der Waals surface area (Å²) in [5.41, 5.74) is 1.02. The van der Waals surface area contributed by atoms with Gasteiger partial charge in [-0.05, 0) is 39.1 Å². The van der Waals surface area contributed by atoms with Crippen LogP contribution in [0.5, 0.6) is 0 Å². The predicted octanol–water partition coefficient (Wildman–Crippen LogP) is 3.05. The van der Waals surface area contributed by atoms with Crippen LogP contribution in [0.4, 0.5) is 8.78 Å². The van der Waals surface area contributed by atoms with E-state index in [1.54, 1.807) is 18.7 Å². The molecule has 0 saturated carbocycles. The van der Waals surface area contributed by atoms with Gasteiger partial charge in [0, 0.05) is 23.9 Å². The molecule has 0 saturated heterocycles. The van der Waals surface area contributed by atoms with Crippen molar-refractivity contribution >= 4 is 23.3 Å². The normalized spacial score (nSPS) is 18.0. The van der Waals surface area contributed by atoms with Crippen molar-refractivity contribution in [1.29, 1.82) is 0 Å². The van der Waals surface area contributed by atoms with Crippen LogP contribution in [-0.4, -0.2) is 29.1 Å². The number of benzene rings is 1. The third-order valence-electron chi connectivity index (χ3n) is 3.68. The molecule has 124 valence electrons. The number of carbonyl (C=O) groups is 1. The zero-order valence-electron chi connectivity index (χ0n) is 13.2. The van der Waals surface area contributed by atoms with Crippen molar-refractivity contribution in [2.24, 2.45) is 0 Å². The smallest absolute Gasteiger partial charge is 0.338 e. The van der Waals surface area contributed by atoms with Gasteiger partial charge in [0.1, 0.15) is 11.6 Å². The van der Waals surface area contributed by atoms with E-state index in [0.717, 1.165) is 12.1 Å². The molecular formula is C16H18F2N2O2S. The summed E-state index contributed by atoms with van der Waals surface area (Å²) in [5, 5.41) is 3.33. The van der Waals surface area contributed by atoms with Gasteiger partial charge in [0.05, 0.1) is 18.2 Å². The highest BCUT2D eigenvalue weighted by Gasteiger charge is 2.35. The van der Waals surface area contributed by atoms with Gasteiger partial charge < -0.3 is 15.0 Å². The summed E-state index contributed by atoms with van der Waals surface area (Å²) in [7, 11) is 0. The molecule has 1 heterocycles. The van der Waals surface area contributed by atoms with Crippen LogP contribution >= 0.6 is 12.2 Å². The molecule has 1 atom stereocenters. The summed E-state index contributed by atoms with van der Waals surface area (Å²) in [6.45, 7) is 6.07. The minimum absolute atomic E-state index is 0.145. The number of nitrogens with zero attached hydrogens (tertiary/aromatic N) is 1. The molecule has 1 aliphatic rings. The number of hydrogen-bond acceptors (Lipinski definition) is 3. The minimum atomic E-state index is -0.815. The summed E-state index contributed by atoms with van der Waals surface area (Å²) in [5.74, 6) is -1.98. The van der Waals surface area contributed by atoms with Crippen LogP contribution in [0.3, 0.4) is 0 Å². The second-order valence-corrected chi connectivity index (χ2v) is 5.40. The molecule has 0 spiro atoms. The molecular weight excluding hydrogens is 322 g/mol. The van der Waals surface area contributed by atoms with Gasteiger partial charge in [-0.2, -0.15) is 0 Å². The molecule has 0 aliphatic carbocycles. The molecule has 4 nitrogen and oxygen atoms in total. The summed E-state index contributed by atoms with van der Waals surface area (Å²) in [4.78, 5) is 14.1. The van der Waals surface area contributed by atoms with E-state index in [0.29, 0.717) is 17.4 Å².